The number of amides is 2. The van der Waals surface area contributed by atoms with Gasteiger partial charge in [0.05, 0.1) is 26.3 Å². The fourth-order valence-corrected chi connectivity index (χ4v) is 3.48. The normalized spacial score (nSPS) is 15.9. The number of hydrogen-bond donors (Lipinski definition) is 1. The Morgan fingerprint density at radius 3 is 2.73 bits per heavy atom. The Labute approximate surface area is 173 Å². The molecule has 1 N–H and O–H groups in total. The number of carbonyl (C=O) groups is 2. The van der Waals surface area contributed by atoms with Gasteiger partial charge in [0.2, 0.25) is 11.8 Å². The van der Waals surface area contributed by atoms with Crippen molar-refractivity contribution < 1.29 is 23.5 Å². The molecule has 0 spiro atoms. The van der Waals surface area contributed by atoms with E-state index in [0.29, 0.717) is 35.2 Å². The molecule has 2 amide bonds. The molecule has 2 heterocycles. The van der Waals surface area contributed by atoms with Crippen molar-refractivity contribution in [2.75, 3.05) is 31.0 Å². The second-order valence-corrected chi connectivity index (χ2v) is 6.88. The SMILES string of the molecule is COc1ccc(N2CC(C(=O)Nc3cccc(-c4cnco4)c3)CC2=O)cc1OC. The van der Waals surface area contributed by atoms with E-state index in [9.17, 15) is 9.59 Å². The predicted molar refractivity (Wildman–Crippen MR) is 111 cm³/mol. The number of nitrogens with one attached hydrogen (secondary N) is 1. The van der Waals surface area contributed by atoms with E-state index in [4.69, 9.17) is 13.9 Å². The Morgan fingerprint density at radius 1 is 1.17 bits per heavy atom. The molecule has 3 aromatic rings. The van der Waals surface area contributed by atoms with Gasteiger partial charge in [-0.15, -0.1) is 0 Å². The van der Waals surface area contributed by atoms with E-state index in [1.807, 2.05) is 12.1 Å². The molecule has 8 heteroatoms. The van der Waals surface area contributed by atoms with Crippen LogP contribution in [0.4, 0.5) is 11.4 Å². The van der Waals surface area contributed by atoms with Crippen LogP contribution in [-0.4, -0.2) is 37.6 Å². The van der Waals surface area contributed by atoms with Gasteiger partial charge in [-0.25, -0.2) is 4.98 Å². The molecule has 154 valence electrons. The minimum atomic E-state index is -0.459. The molecule has 0 saturated carbocycles. The summed E-state index contributed by atoms with van der Waals surface area (Å²) >= 11 is 0. The van der Waals surface area contributed by atoms with Crippen LogP contribution >= 0.6 is 0 Å². The largest absolute Gasteiger partial charge is 0.493 e. The maximum Gasteiger partial charge on any atom is 0.229 e. The Kier molecular flexibility index (Phi) is 5.38. The molecule has 4 rings (SSSR count). The maximum absolute atomic E-state index is 12.8. The third kappa shape index (κ3) is 3.84. The summed E-state index contributed by atoms with van der Waals surface area (Å²) in [5.74, 6) is 0.939. The van der Waals surface area contributed by atoms with Crippen molar-refractivity contribution in [1.29, 1.82) is 0 Å². The molecule has 0 radical (unpaired) electrons. The summed E-state index contributed by atoms with van der Waals surface area (Å²) < 4.78 is 15.8. The van der Waals surface area contributed by atoms with Crippen LogP contribution < -0.4 is 19.7 Å². The second kappa shape index (κ2) is 8.28. The molecular formula is C22H21N3O5. The molecule has 2 aromatic carbocycles. The van der Waals surface area contributed by atoms with Gasteiger partial charge in [0.15, 0.2) is 23.7 Å². The van der Waals surface area contributed by atoms with E-state index in [1.165, 1.54) is 13.5 Å². The van der Waals surface area contributed by atoms with Gasteiger partial charge in [-0.2, -0.15) is 0 Å². The maximum atomic E-state index is 12.8. The molecule has 1 aromatic heterocycles. The first kappa shape index (κ1) is 19.5. The van der Waals surface area contributed by atoms with Crippen LogP contribution in [0, 0.1) is 5.92 Å². The van der Waals surface area contributed by atoms with Crippen LogP contribution in [0.1, 0.15) is 6.42 Å². The number of hydrogen-bond acceptors (Lipinski definition) is 6. The average molecular weight is 407 g/mol. The predicted octanol–water partition coefficient (Wildman–Crippen LogP) is 3.35. The quantitative estimate of drug-likeness (QED) is 0.674. The zero-order valence-electron chi connectivity index (χ0n) is 16.6. The summed E-state index contributed by atoms with van der Waals surface area (Å²) in [6, 6.07) is 12.5. The number of anilines is 2. The Hall–Kier alpha value is -3.81. The number of oxazole rings is 1. The minimum absolute atomic E-state index is 0.113. The van der Waals surface area contributed by atoms with Crippen molar-refractivity contribution in [3.63, 3.8) is 0 Å². The Morgan fingerprint density at radius 2 is 2.00 bits per heavy atom. The minimum Gasteiger partial charge on any atom is -0.493 e. The van der Waals surface area contributed by atoms with Crippen LogP contribution in [0.15, 0.2) is 59.5 Å². The number of methoxy groups -OCH3 is 2. The van der Waals surface area contributed by atoms with Crippen molar-refractivity contribution in [3.05, 3.63) is 55.1 Å². The first-order chi connectivity index (χ1) is 14.6. The third-order valence-corrected chi connectivity index (χ3v) is 5.02. The zero-order valence-corrected chi connectivity index (χ0v) is 16.6. The molecule has 0 aliphatic carbocycles. The first-order valence-electron chi connectivity index (χ1n) is 9.41. The number of rotatable bonds is 6. The summed E-state index contributed by atoms with van der Waals surface area (Å²) in [6.45, 7) is 0.294. The summed E-state index contributed by atoms with van der Waals surface area (Å²) in [4.78, 5) is 30.8. The summed E-state index contributed by atoms with van der Waals surface area (Å²) in [5.41, 5.74) is 2.10. The van der Waals surface area contributed by atoms with Gasteiger partial charge in [-0.1, -0.05) is 12.1 Å². The lowest BCUT2D eigenvalue weighted by Gasteiger charge is -2.18. The highest BCUT2D eigenvalue weighted by Crippen LogP contribution is 2.34. The number of carbonyl (C=O) groups excluding carboxylic acids is 2. The van der Waals surface area contributed by atoms with Crippen LogP contribution in [-0.2, 0) is 9.59 Å². The van der Waals surface area contributed by atoms with Crippen molar-refractivity contribution in [1.82, 2.24) is 4.98 Å². The summed E-state index contributed by atoms with van der Waals surface area (Å²) in [5, 5.41) is 2.89. The molecule has 1 unspecified atom stereocenters. The third-order valence-electron chi connectivity index (χ3n) is 5.02. The molecule has 1 aliphatic heterocycles. The van der Waals surface area contributed by atoms with E-state index in [0.717, 1.165) is 5.56 Å². The van der Waals surface area contributed by atoms with Crippen molar-refractivity contribution >= 4 is 23.2 Å². The highest BCUT2D eigenvalue weighted by molar-refractivity contribution is 6.03. The van der Waals surface area contributed by atoms with Gasteiger partial charge in [-0.3, -0.25) is 9.59 Å². The molecule has 8 nitrogen and oxygen atoms in total. The second-order valence-electron chi connectivity index (χ2n) is 6.88. The van der Waals surface area contributed by atoms with Gasteiger partial charge in [0.1, 0.15) is 0 Å². The summed E-state index contributed by atoms with van der Waals surface area (Å²) in [7, 11) is 3.09. The van der Waals surface area contributed by atoms with Gasteiger partial charge in [0.25, 0.3) is 0 Å². The van der Waals surface area contributed by atoms with Crippen LogP contribution in [0.2, 0.25) is 0 Å². The highest BCUT2D eigenvalue weighted by atomic mass is 16.5. The molecule has 1 atom stereocenters. The van der Waals surface area contributed by atoms with Crippen molar-refractivity contribution in [2.45, 2.75) is 6.42 Å². The Balaban J connectivity index is 1.47. The first-order valence-corrected chi connectivity index (χ1v) is 9.41. The van der Waals surface area contributed by atoms with Crippen LogP contribution in [0.3, 0.4) is 0 Å². The lowest BCUT2D eigenvalue weighted by atomic mass is 10.1. The lowest BCUT2D eigenvalue weighted by Crippen LogP contribution is -2.28. The van der Waals surface area contributed by atoms with Gasteiger partial charge >= 0.3 is 0 Å². The van der Waals surface area contributed by atoms with E-state index in [2.05, 4.69) is 10.3 Å². The van der Waals surface area contributed by atoms with E-state index >= 15 is 0 Å². The Bertz CT molecular complexity index is 1060. The number of ether oxygens (including phenoxy) is 2. The topological polar surface area (TPSA) is 93.9 Å². The van der Waals surface area contributed by atoms with Crippen molar-refractivity contribution in [2.24, 2.45) is 5.92 Å². The molecule has 0 bridgehead atoms. The molecule has 1 aliphatic rings. The molecule has 30 heavy (non-hydrogen) atoms. The summed E-state index contributed by atoms with van der Waals surface area (Å²) in [6.07, 6.45) is 3.10. The van der Waals surface area contributed by atoms with E-state index in [1.54, 1.807) is 48.5 Å². The van der Waals surface area contributed by atoms with Gasteiger partial charge < -0.3 is 24.1 Å². The van der Waals surface area contributed by atoms with Crippen LogP contribution in [0.25, 0.3) is 11.3 Å². The standard InChI is InChI=1S/C22H21N3O5/c1-28-18-7-6-17(10-19(18)29-2)25-12-15(9-21(25)26)22(27)24-16-5-3-4-14(8-16)20-11-23-13-30-20/h3-8,10-11,13,15H,9,12H2,1-2H3,(H,24,27). The van der Waals surface area contributed by atoms with E-state index < -0.39 is 5.92 Å². The smallest absolute Gasteiger partial charge is 0.229 e. The number of aromatic nitrogens is 1. The monoisotopic (exact) mass is 407 g/mol. The van der Waals surface area contributed by atoms with Gasteiger partial charge in [-0.05, 0) is 24.3 Å². The van der Waals surface area contributed by atoms with Crippen molar-refractivity contribution in [3.8, 4) is 22.8 Å². The fourth-order valence-electron chi connectivity index (χ4n) is 3.48. The number of nitrogens with zero attached hydrogens (tertiary/aromatic N) is 2. The zero-order chi connectivity index (χ0) is 21.1. The average Bonchev–Trinajstić information content (AvgIpc) is 3.43. The molecule has 1 saturated heterocycles. The lowest BCUT2D eigenvalue weighted by molar-refractivity contribution is -0.122. The highest BCUT2D eigenvalue weighted by Gasteiger charge is 2.35. The van der Waals surface area contributed by atoms with Crippen LogP contribution in [0.5, 0.6) is 11.5 Å². The molecule has 1 fully saturated rings. The molecular weight excluding hydrogens is 386 g/mol. The fraction of sp³-hybridized carbons (Fsp3) is 0.227. The van der Waals surface area contributed by atoms with Gasteiger partial charge in [0, 0.05) is 36.0 Å². The van der Waals surface area contributed by atoms with E-state index in [-0.39, 0.29) is 18.2 Å². The number of benzene rings is 2.